The second-order valence-corrected chi connectivity index (χ2v) is 7.57. The van der Waals surface area contributed by atoms with Gasteiger partial charge in [-0.1, -0.05) is 48.0 Å². The van der Waals surface area contributed by atoms with Crippen LogP contribution in [0.3, 0.4) is 0 Å². The maximum atomic E-state index is 12.6. The average molecular weight is 435 g/mol. The molecule has 134 valence electrons. The first kappa shape index (κ1) is 18.8. The van der Waals surface area contributed by atoms with Crippen LogP contribution < -0.4 is 0 Å². The molecule has 0 aromatic heterocycles. The van der Waals surface area contributed by atoms with Crippen molar-refractivity contribution < 1.29 is 14.4 Å². The van der Waals surface area contributed by atoms with Crippen LogP contribution in [-0.2, 0) is 20.8 Å². The van der Waals surface area contributed by atoms with E-state index in [1.165, 1.54) is 11.8 Å². The molecule has 1 amide bonds. The highest BCUT2D eigenvalue weighted by atomic mass is 79.9. The number of carbonyl (C=O) groups excluding carboxylic acids is 3. The quantitative estimate of drug-likeness (QED) is 0.528. The van der Waals surface area contributed by atoms with Crippen LogP contribution in [0.25, 0.3) is 0 Å². The lowest BCUT2D eigenvalue weighted by atomic mass is 9.90. The zero-order valence-corrected chi connectivity index (χ0v) is 16.5. The van der Waals surface area contributed by atoms with Crippen LogP contribution in [0.5, 0.6) is 0 Å². The Morgan fingerprint density at radius 3 is 2.46 bits per heavy atom. The van der Waals surface area contributed by atoms with Crippen LogP contribution >= 0.6 is 27.5 Å². The molecule has 1 fully saturated rings. The maximum absolute atomic E-state index is 12.6. The Balaban J connectivity index is 1.95. The van der Waals surface area contributed by atoms with Crippen molar-refractivity contribution in [1.82, 2.24) is 4.90 Å². The number of Topliss-reactive ketones (excluding diaryl/α,β-unsaturated/α-hetero) is 2. The number of carbonyl (C=O) groups is 3. The smallest absolute Gasteiger partial charge is 0.291 e. The lowest BCUT2D eigenvalue weighted by molar-refractivity contribution is -0.142. The predicted molar refractivity (Wildman–Crippen MR) is 103 cm³/mol. The number of rotatable bonds is 5. The highest BCUT2D eigenvalue weighted by Crippen LogP contribution is 2.38. The first-order chi connectivity index (χ1) is 12.4. The number of hydrogen-bond acceptors (Lipinski definition) is 3. The standard InChI is InChI=1S/C20H17BrClNO3/c1-12(24)17-18(14-7-8-15(21)16(22)11-14)23(20(26)19(17)25)10-9-13-5-3-2-4-6-13/h2-8,11,17-18H,9-10H2,1H3. The van der Waals surface area contributed by atoms with E-state index in [1.807, 2.05) is 30.3 Å². The molecule has 0 bridgehead atoms. The van der Waals surface area contributed by atoms with Crippen molar-refractivity contribution >= 4 is 45.0 Å². The van der Waals surface area contributed by atoms with Crippen LogP contribution in [-0.4, -0.2) is 28.9 Å². The summed E-state index contributed by atoms with van der Waals surface area (Å²) in [7, 11) is 0. The fourth-order valence-corrected chi connectivity index (χ4v) is 3.77. The summed E-state index contributed by atoms with van der Waals surface area (Å²) in [5.41, 5.74) is 1.75. The van der Waals surface area contributed by atoms with Gasteiger partial charge in [0.15, 0.2) is 0 Å². The Kier molecular flexibility index (Phi) is 5.58. The van der Waals surface area contributed by atoms with Crippen molar-refractivity contribution in [1.29, 1.82) is 0 Å². The summed E-state index contributed by atoms with van der Waals surface area (Å²) >= 11 is 9.53. The summed E-state index contributed by atoms with van der Waals surface area (Å²) in [5.74, 6) is -2.55. The average Bonchev–Trinajstić information content (AvgIpc) is 2.88. The number of likely N-dealkylation sites (tertiary alicyclic amines) is 1. The van der Waals surface area contributed by atoms with Crippen LogP contribution in [0.4, 0.5) is 0 Å². The van der Waals surface area contributed by atoms with Gasteiger partial charge in [-0.05, 0) is 52.5 Å². The normalized spacial score (nSPS) is 19.9. The molecule has 2 unspecified atom stereocenters. The number of halogens is 2. The van der Waals surface area contributed by atoms with E-state index in [2.05, 4.69) is 15.9 Å². The molecule has 2 aromatic carbocycles. The van der Waals surface area contributed by atoms with E-state index in [9.17, 15) is 14.4 Å². The summed E-state index contributed by atoms with van der Waals surface area (Å²) in [5, 5.41) is 0.472. The minimum absolute atomic E-state index is 0.311. The largest absolute Gasteiger partial charge is 0.328 e. The van der Waals surface area contributed by atoms with Gasteiger partial charge < -0.3 is 4.90 Å². The van der Waals surface area contributed by atoms with Gasteiger partial charge in [-0.25, -0.2) is 0 Å². The van der Waals surface area contributed by atoms with Crippen molar-refractivity contribution in [2.45, 2.75) is 19.4 Å². The van der Waals surface area contributed by atoms with Gasteiger partial charge in [-0.2, -0.15) is 0 Å². The number of ketones is 2. The Bertz CT molecular complexity index is 869. The first-order valence-corrected chi connectivity index (χ1v) is 9.41. The molecule has 1 saturated heterocycles. The topological polar surface area (TPSA) is 54.5 Å². The number of amides is 1. The van der Waals surface area contributed by atoms with Gasteiger partial charge in [-0.15, -0.1) is 0 Å². The summed E-state index contributed by atoms with van der Waals surface area (Å²) in [6, 6.07) is 14.3. The Hall–Kier alpha value is -1.98. The monoisotopic (exact) mass is 433 g/mol. The molecule has 1 aliphatic heterocycles. The lowest BCUT2D eigenvalue weighted by Gasteiger charge is -2.27. The van der Waals surface area contributed by atoms with E-state index >= 15 is 0 Å². The van der Waals surface area contributed by atoms with Gasteiger partial charge in [0.05, 0.1) is 11.1 Å². The fourth-order valence-electron chi connectivity index (χ4n) is 3.33. The van der Waals surface area contributed by atoms with E-state index in [-0.39, 0.29) is 5.78 Å². The van der Waals surface area contributed by atoms with Gasteiger partial charge in [0.1, 0.15) is 11.7 Å². The molecule has 6 heteroatoms. The zero-order valence-electron chi connectivity index (χ0n) is 14.1. The molecule has 1 aliphatic rings. The molecule has 0 aliphatic carbocycles. The third-order valence-electron chi connectivity index (χ3n) is 4.61. The van der Waals surface area contributed by atoms with Gasteiger partial charge in [0.2, 0.25) is 5.78 Å². The molecular weight excluding hydrogens is 418 g/mol. The molecule has 0 saturated carbocycles. The fraction of sp³-hybridized carbons (Fsp3) is 0.250. The molecule has 2 aromatic rings. The van der Waals surface area contributed by atoms with Gasteiger partial charge in [0.25, 0.3) is 5.91 Å². The Labute approximate surface area is 165 Å². The van der Waals surface area contributed by atoms with Crippen molar-refractivity contribution in [2.24, 2.45) is 5.92 Å². The highest BCUT2D eigenvalue weighted by Gasteiger charge is 2.50. The third-order valence-corrected chi connectivity index (χ3v) is 5.85. The van der Waals surface area contributed by atoms with Crippen molar-refractivity contribution in [2.75, 3.05) is 6.54 Å². The molecule has 2 atom stereocenters. The van der Waals surface area contributed by atoms with Gasteiger partial charge >= 0.3 is 0 Å². The second kappa shape index (κ2) is 7.72. The van der Waals surface area contributed by atoms with Crippen molar-refractivity contribution in [3.63, 3.8) is 0 Å². The van der Waals surface area contributed by atoms with E-state index in [0.717, 1.165) is 5.56 Å². The lowest BCUT2D eigenvalue weighted by Crippen LogP contribution is -2.32. The van der Waals surface area contributed by atoms with Crippen LogP contribution in [0, 0.1) is 5.92 Å². The van der Waals surface area contributed by atoms with Crippen LogP contribution in [0.15, 0.2) is 53.0 Å². The SMILES string of the molecule is CC(=O)C1C(=O)C(=O)N(CCc2ccccc2)C1c1ccc(Br)c(Cl)c1. The summed E-state index contributed by atoms with van der Waals surface area (Å²) in [6.07, 6.45) is 0.602. The molecule has 3 rings (SSSR count). The van der Waals surface area contributed by atoms with Crippen molar-refractivity contribution in [3.05, 3.63) is 69.2 Å². The molecule has 0 radical (unpaired) electrons. The first-order valence-electron chi connectivity index (χ1n) is 8.24. The molecule has 0 spiro atoms. The number of nitrogens with zero attached hydrogens (tertiary/aromatic N) is 1. The van der Waals surface area contributed by atoms with Crippen molar-refractivity contribution in [3.8, 4) is 0 Å². The molecule has 4 nitrogen and oxygen atoms in total. The summed E-state index contributed by atoms with van der Waals surface area (Å²) < 4.78 is 0.716. The molecular formula is C20H17BrClNO3. The van der Waals surface area contributed by atoms with E-state index < -0.39 is 23.7 Å². The maximum Gasteiger partial charge on any atom is 0.291 e. The van der Waals surface area contributed by atoms with Crippen LogP contribution in [0.2, 0.25) is 5.02 Å². The molecule has 26 heavy (non-hydrogen) atoms. The summed E-state index contributed by atoms with van der Waals surface area (Å²) in [4.78, 5) is 38.6. The predicted octanol–water partition coefficient (Wildman–Crippen LogP) is 4.00. The highest BCUT2D eigenvalue weighted by molar-refractivity contribution is 9.10. The molecule has 1 heterocycles. The van der Waals surface area contributed by atoms with Crippen LogP contribution in [0.1, 0.15) is 24.1 Å². The third kappa shape index (κ3) is 3.60. The molecule has 0 N–H and O–H groups in total. The van der Waals surface area contributed by atoms with E-state index in [4.69, 9.17) is 11.6 Å². The number of hydrogen-bond donors (Lipinski definition) is 0. The van der Waals surface area contributed by atoms with E-state index in [0.29, 0.717) is 28.0 Å². The number of benzene rings is 2. The second-order valence-electron chi connectivity index (χ2n) is 6.31. The van der Waals surface area contributed by atoms with Gasteiger partial charge in [0, 0.05) is 11.0 Å². The Morgan fingerprint density at radius 1 is 1.15 bits per heavy atom. The Morgan fingerprint density at radius 2 is 1.85 bits per heavy atom. The van der Waals surface area contributed by atoms with Gasteiger partial charge in [-0.3, -0.25) is 14.4 Å². The minimum Gasteiger partial charge on any atom is -0.328 e. The zero-order chi connectivity index (χ0) is 18.8. The summed E-state index contributed by atoms with van der Waals surface area (Å²) in [6.45, 7) is 1.71. The minimum atomic E-state index is -0.990. The van der Waals surface area contributed by atoms with E-state index in [1.54, 1.807) is 18.2 Å².